The Morgan fingerprint density at radius 3 is 2.54 bits per heavy atom. The normalized spacial score (nSPS) is 11.3. The van der Waals surface area contributed by atoms with Gasteiger partial charge in [-0.1, -0.05) is 15.9 Å². The zero-order valence-electron chi connectivity index (χ0n) is 13.7. The quantitative estimate of drug-likeness (QED) is 0.639. The van der Waals surface area contributed by atoms with E-state index >= 15 is 0 Å². The van der Waals surface area contributed by atoms with Gasteiger partial charge in [0.15, 0.2) is 9.84 Å². The fourth-order valence-corrected chi connectivity index (χ4v) is 3.22. The van der Waals surface area contributed by atoms with Crippen LogP contribution in [-0.2, 0) is 14.6 Å². The van der Waals surface area contributed by atoms with Gasteiger partial charge in [-0.25, -0.2) is 18.4 Å². The molecule has 1 amide bonds. The molecule has 0 aliphatic carbocycles. The summed E-state index contributed by atoms with van der Waals surface area (Å²) in [5.41, 5.74) is 1.26. The van der Waals surface area contributed by atoms with E-state index in [1.54, 1.807) is 18.2 Å². The molecule has 0 spiro atoms. The van der Waals surface area contributed by atoms with Crippen molar-refractivity contribution in [3.05, 3.63) is 53.3 Å². The number of fused-ring (bicyclic) bond motifs is 1. The van der Waals surface area contributed by atoms with Crippen molar-refractivity contribution in [3.8, 4) is 0 Å². The Balaban J connectivity index is 1.77. The molecule has 0 aliphatic rings. The average Bonchev–Trinajstić information content (AvgIpc) is 2.60. The summed E-state index contributed by atoms with van der Waals surface area (Å²) in [5, 5.41) is 6.23. The van der Waals surface area contributed by atoms with Crippen LogP contribution in [0.4, 0.5) is 11.5 Å². The van der Waals surface area contributed by atoms with Gasteiger partial charge in [0, 0.05) is 21.8 Å². The van der Waals surface area contributed by atoms with Crippen LogP contribution in [0.2, 0.25) is 0 Å². The van der Waals surface area contributed by atoms with Crippen LogP contribution in [0.15, 0.2) is 58.2 Å². The van der Waals surface area contributed by atoms with Crippen LogP contribution in [0.1, 0.15) is 0 Å². The van der Waals surface area contributed by atoms with Gasteiger partial charge in [-0.2, -0.15) is 0 Å². The lowest BCUT2D eigenvalue weighted by molar-refractivity contribution is -0.114. The number of carbonyl (C=O) groups excluding carboxylic acids is 1. The zero-order valence-corrected chi connectivity index (χ0v) is 16.1. The van der Waals surface area contributed by atoms with Crippen molar-refractivity contribution in [2.45, 2.75) is 4.90 Å². The van der Waals surface area contributed by atoms with Gasteiger partial charge in [-0.05, 0) is 42.5 Å². The number of amides is 1. The number of benzene rings is 2. The van der Waals surface area contributed by atoms with E-state index in [0.29, 0.717) is 22.4 Å². The van der Waals surface area contributed by atoms with Crippen molar-refractivity contribution in [3.63, 3.8) is 0 Å². The minimum atomic E-state index is -3.35. The Morgan fingerprint density at radius 1 is 1.12 bits per heavy atom. The summed E-state index contributed by atoms with van der Waals surface area (Å²) >= 11 is 3.33. The molecular formula is C17H15BrN4O3S. The first-order valence-electron chi connectivity index (χ1n) is 7.57. The van der Waals surface area contributed by atoms with Crippen LogP contribution in [0.5, 0.6) is 0 Å². The molecule has 0 bridgehead atoms. The highest BCUT2D eigenvalue weighted by atomic mass is 79.9. The van der Waals surface area contributed by atoms with E-state index < -0.39 is 9.84 Å². The maximum atomic E-state index is 12.1. The monoisotopic (exact) mass is 434 g/mol. The third-order valence-electron chi connectivity index (χ3n) is 3.58. The SMILES string of the molecule is CS(=O)(=O)c1ccc2ncnc(NCC(=O)Nc3ccc(Br)cc3)c2c1. The standard InChI is InChI=1S/C17H15BrN4O3S/c1-26(24,25)13-6-7-15-14(8-13)17(21-10-20-15)19-9-16(23)22-12-4-2-11(18)3-5-12/h2-8,10H,9H2,1H3,(H,22,23)(H,19,20,21). The third-order valence-corrected chi connectivity index (χ3v) is 5.22. The lowest BCUT2D eigenvalue weighted by Crippen LogP contribution is -2.22. The molecule has 3 aromatic rings. The van der Waals surface area contributed by atoms with Crippen LogP contribution in [-0.4, -0.2) is 37.1 Å². The molecule has 9 heteroatoms. The van der Waals surface area contributed by atoms with Gasteiger partial charge in [0.1, 0.15) is 12.1 Å². The Labute approximate surface area is 158 Å². The molecule has 26 heavy (non-hydrogen) atoms. The highest BCUT2D eigenvalue weighted by Crippen LogP contribution is 2.23. The number of hydrogen-bond acceptors (Lipinski definition) is 6. The van der Waals surface area contributed by atoms with Crippen molar-refractivity contribution in [1.29, 1.82) is 0 Å². The molecule has 0 fully saturated rings. The smallest absolute Gasteiger partial charge is 0.243 e. The third kappa shape index (κ3) is 4.36. The van der Waals surface area contributed by atoms with Gasteiger partial charge in [-0.3, -0.25) is 4.79 Å². The van der Waals surface area contributed by atoms with E-state index in [1.807, 2.05) is 12.1 Å². The second kappa shape index (κ2) is 7.38. The molecular weight excluding hydrogens is 420 g/mol. The van der Waals surface area contributed by atoms with Crippen molar-refractivity contribution in [2.24, 2.45) is 0 Å². The summed E-state index contributed by atoms with van der Waals surface area (Å²) in [6.45, 7) is -0.0225. The van der Waals surface area contributed by atoms with E-state index in [9.17, 15) is 13.2 Å². The van der Waals surface area contributed by atoms with Gasteiger partial charge in [0.05, 0.1) is 17.0 Å². The summed E-state index contributed by atoms with van der Waals surface area (Å²) in [7, 11) is -3.35. The predicted octanol–water partition coefficient (Wildman–Crippen LogP) is 2.85. The summed E-state index contributed by atoms with van der Waals surface area (Å²) in [5.74, 6) is 0.143. The summed E-state index contributed by atoms with van der Waals surface area (Å²) in [6, 6.07) is 11.8. The van der Waals surface area contributed by atoms with E-state index in [2.05, 4.69) is 36.5 Å². The first kappa shape index (κ1) is 18.3. The average molecular weight is 435 g/mol. The minimum absolute atomic E-state index is 0.0225. The largest absolute Gasteiger partial charge is 0.360 e. The van der Waals surface area contributed by atoms with Crippen molar-refractivity contribution < 1.29 is 13.2 Å². The minimum Gasteiger partial charge on any atom is -0.360 e. The Bertz CT molecular complexity index is 1070. The molecule has 0 unspecified atom stereocenters. The number of aromatic nitrogens is 2. The molecule has 2 aromatic carbocycles. The molecule has 134 valence electrons. The molecule has 1 aromatic heterocycles. The maximum Gasteiger partial charge on any atom is 0.243 e. The highest BCUT2D eigenvalue weighted by molar-refractivity contribution is 9.10. The van der Waals surface area contributed by atoms with Crippen molar-refractivity contribution in [2.75, 3.05) is 23.4 Å². The topological polar surface area (TPSA) is 101 Å². The number of halogens is 1. The summed E-state index contributed by atoms with van der Waals surface area (Å²) in [4.78, 5) is 20.5. The van der Waals surface area contributed by atoms with Crippen LogP contribution >= 0.6 is 15.9 Å². The predicted molar refractivity (Wildman–Crippen MR) is 104 cm³/mol. The number of carbonyl (C=O) groups is 1. The number of anilines is 2. The summed E-state index contributed by atoms with van der Waals surface area (Å²) < 4.78 is 24.4. The number of nitrogens with one attached hydrogen (secondary N) is 2. The maximum absolute atomic E-state index is 12.1. The van der Waals surface area contributed by atoms with Crippen LogP contribution < -0.4 is 10.6 Å². The number of hydrogen-bond donors (Lipinski definition) is 2. The lowest BCUT2D eigenvalue weighted by atomic mass is 10.2. The summed E-state index contributed by atoms with van der Waals surface area (Å²) in [6.07, 6.45) is 2.49. The molecule has 2 N–H and O–H groups in total. The second-order valence-corrected chi connectivity index (χ2v) is 8.51. The Morgan fingerprint density at radius 2 is 1.85 bits per heavy atom. The van der Waals surface area contributed by atoms with E-state index in [4.69, 9.17) is 0 Å². The number of sulfone groups is 1. The van der Waals surface area contributed by atoms with Crippen molar-refractivity contribution >= 4 is 54.1 Å². The van der Waals surface area contributed by atoms with Crippen molar-refractivity contribution in [1.82, 2.24) is 9.97 Å². The van der Waals surface area contributed by atoms with Crippen LogP contribution in [0.3, 0.4) is 0 Å². The molecule has 7 nitrogen and oxygen atoms in total. The van der Waals surface area contributed by atoms with Gasteiger partial charge in [-0.15, -0.1) is 0 Å². The molecule has 1 heterocycles. The number of nitrogens with zero attached hydrogens (tertiary/aromatic N) is 2. The molecule has 0 saturated carbocycles. The first-order valence-corrected chi connectivity index (χ1v) is 10.3. The van der Waals surface area contributed by atoms with Crippen LogP contribution in [0.25, 0.3) is 10.9 Å². The van der Waals surface area contributed by atoms with Gasteiger partial charge in [0.2, 0.25) is 5.91 Å². The van der Waals surface area contributed by atoms with E-state index in [0.717, 1.165) is 10.7 Å². The Kier molecular flexibility index (Phi) is 5.19. The molecule has 0 radical (unpaired) electrons. The lowest BCUT2D eigenvalue weighted by Gasteiger charge is -2.10. The fourth-order valence-electron chi connectivity index (χ4n) is 2.31. The van der Waals surface area contributed by atoms with E-state index in [1.165, 1.54) is 18.5 Å². The van der Waals surface area contributed by atoms with Crippen LogP contribution in [0, 0.1) is 0 Å². The van der Waals surface area contributed by atoms with Gasteiger partial charge < -0.3 is 10.6 Å². The van der Waals surface area contributed by atoms with Gasteiger partial charge in [0.25, 0.3) is 0 Å². The molecule has 0 atom stereocenters. The molecule has 0 saturated heterocycles. The second-order valence-electron chi connectivity index (χ2n) is 5.58. The molecule has 0 aliphatic heterocycles. The molecule has 3 rings (SSSR count). The first-order chi connectivity index (χ1) is 12.3. The van der Waals surface area contributed by atoms with E-state index in [-0.39, 0.29) is 17.3 Å². The Hall–Kier alpha value is -2.52. The fraction of sp³-hybridized carbons (Fsp3) is 0.118. The zero-order chi connectivity index (χ0) is 18.7. The van der Waals surface area contributed by atoms with Gasteiger partial charge >= 0.3 is 0 Å². The highest BCUT2D eigenvalue weighted by Gasteiger charge is 2.12. The number of rotatable bonds is 5.